The van der Waals surface area contributed by atoms with Gasteiger partial charge in [0.15, 0.2) is 0 Å². The first-order valence-corrected chi connectivity index (χ1v) is 6.68. The first-order valence-electron chi connectivity index (χ1n) is 6.68. The first-order chi connectivity index (χ1) is 8.34. The molecule has 3 nitrogen and oxygen atoms in total. The molecule has 1 aliphatic rings. The van der Waals surface area contributed by atoms with Crippen LogP contribution in [0.1, 0.15) is 31.9 Å². The molecule has 1 saturated heterocycles. The second kappa shape index (κ2) is 6.82. The number of aryl methyl sites for hydroxylation is 1. The Bertz CT molecular complexity index is 291. The highest BCUT2D eigenvalue weighted by molar-refractivity contribution is 4.98. The lowest BCUT2D eigenvalue weighted by atomic mass is 10.0. The number of hydrogen-bond acceptors (Lipinski definition) is 3. The van der Waals surface area contributed by atoms with Crippen LogP contribution >= 0.6 is 0 Å². The molecule has 1 aliphatic heterocycles. The van der Waals surface area contributed by atoms with Gasteiger partial charge in [0.1, 0.15) is 5.76 Å². The fourth-order valence-electron chi connectivity index (χ4n) is 2.26. The second-order valence-electron chi connectivity index (χ2n) is 4.99. The molecular formula is C14H23NO2. The lowest BCUT2D eigenvalue weighted by Gasteiger charge is -2.14. The van der Waals surface area contributed by atoms with Crippen molar-refractivity contribution in [3.05, 3.63) is 24.2 Å². The van der Waals surface area contributed by atoms with Gasteiger partial charge in [-0.3, -0.25) is 0 Å². The smallest absolute Gasteiger partial charge is 0.103 e. The summed E-state index contributed by atoms with van der Waals surface area (Å²) in [6.07, 6.45) is 6.38. The summed E-state index contributed by atoms with van der Waals surface area (Å²) in [7, 11) is 0. The van der Waals surface area contributed by atoms with Gasteiger partial charge < -0.3 is 14.5 Å². The highest BCUT2D eigenvalue weighted by Crippen LogP contribution is 2.15. The third kappa shape index (κ3) is 4.52. The van der Waals surface area contributed by atoms with Crippen molar-refractivity contribution in [3.8, 4) is 0 Å². The molecule has 3 heteroatoms. The number of hydrogen-bond donors (Lipinski definition) is 1. The summed E-state index contributed by atoms with van der Waals surface area (Å²) < 4.78 is 10.7. The predicted molar refractivity (Wildman–Crippen MR) is 68.0 cm³/mol. The molecule has 2 heterocycles. The van der Waals surface area contributed by atoms with Crippen molar-refractivity contribution in [1.29, 1.82) is 0 Å². The topological polar surface area (TPSA) is 34.4 Å². The Hall–Kier alpha value is -0.800. The van der Waals surface area contributed by atoms with Gasteiger partial charge in [0.05, 0.1) is 6.26 Å². The molecule has 0 amide bonds. The maximum atomic E-state index is 5.37. The van der Waals surface area contributed by atoms with Gasteiger partial charge in [-0.15, -0.1) is 0 Å². The minimum atomic E-state index is 0.558. The van der Waals surface area contributed by atoms with Crippen molar-refractivity contribution < 1.29 is 9.15 Å². The van der Waals surface area contributed by atoms with Crippen molar-refractivity contribution >= 4 is 0 Å². The van der Waals surface area contributed by atoms with E-state index >= 15 is 0 Å². The van der Waals surface area contributed by atoms with E-state index in [-0.39, 0.29) is 0 Å². The maximum Gasteiger partial charge on any atom is 0.103 e. The Morgan fingerprint density at radius 2 is 2.47 bits per heavy atom. The van der Waals surface area contributed by atoms with Crippen LogP contribution in [-0.2, 0) is 11.2 Å². The van der Waals surface area contributed by atoms with Crippen molar-refractivity contribution in [2.75, 3.05) is 19.8 Å². The summed E-state index contributed by atoms with van der Waals surface area (Å²) in [5.41, 5.74) is 0. The highest BCUT2D eigenvalue weighted by Gasteiger charge is 2.15. The molecule has 2 rings (SSSR count). The molecule has 1 fully saturated rings. The van der Waals surface area contributed by atoms with Gasteiger partial charge in [0.2, 0.25) is 0 Å². The van der Waals surface area contributed by atoms with Crippen LogP contribution in [0, 0.1) is 5.92 Å². The number of ether oxygens (including phenoxy) is 1. The van der Waals surface area contributed by atoms with E-state index in [0.717, 1.165) is 44.3 Å². The lowest BCUT2D eigenvalue weighted by Crippen LogP contribution is -2.28. The molecule has 0 aliphatic carbocycles. The molecule has 0 radical (unpaired) electrons. The van der Waals surface area contributed by atoms with Crippen LogP contribution in [0.4, 0.5) is 0 Å². The monoisotopic (exact) mass is 237 g/mol. The molecular weight excluding hydrogens is 214 g/mol. The molecule has 1 aromatic rings. The highest BCUT2D eigenvalue weighted by atomic mass is 16.5. The zero-order valence-electron chi connectivity index (χ0n) is 10.7. The molecule has 2 unspecified atom stereocenters. The minimum absolute atomic E-state index is 0.558. The third-order valence-electron chi connectivity index (χ3n) is 3.47. The van der Waals surface area contributed by atoms with E-state index in [1.807, 2.05) is 12.1 Å². The number of rotatable bonds is 7. The first kappa shape index (κ1) is 12.7. The third-order valence-corrected chi connectivity index (χ3v) is 3.47. The summed E-state index contributed by atoms with van der Waals surface area (Å²) in [5, 5.41) is 3.57. The van der Waals surface area contributed by atoms with Crippen LogP contribution in [0.25, 0.3) is 0 Å². The van der Waals surface area contributed by atoms with Crippen LogP contribution < -0.4 is 5.32 Å². The Kier molecular flexibility index (Phi) is 5.08. The van der Waals surface area contributed by atoms with Gasteiger partial charge in [-0.05, 0) is 50.8 Å². The van der Waals surface area contributed by atoms with Gasteiger partial charge in [0.25, 0.3) is 0 Å². The molecule has 0 aromatic carbocycles. The van der Waals surface area contributed by atoms with Gasteiger partial charge in [-0.1, -0.05) is 0 Å². The largest absolute Gasteiger partial charge is 0.469 e. The van der Waals surface area contributed by atoms with Crippen molar-refractivity contribution in [2.24, 2.45) is 5.92 Å². The van der Waals surface area contributed by atoms with E-state index in [4.69, 9.17) is 9.15 Å². The second-order valence-corrected chi connectivity index (χ2v) is 4.99. The lowest BCUT2D eigenvalue weighted by molar-refractivity contribution is 0.184. The van der Waals surface area contributed by atoms with E-state index in [0.29, 0.717) is 6.04 Å². The summed E-state index contributed by atoms with van der Waals surface area (Å²) >= 11 is 0. The molecule has 1 N–H and O–H groups in total. The van der Waals surface area contributed by atoms with E-state index < -0.39 is 0 Å². The average molecular weight is 237 g/mol. The Balaban J connectivity index is 1.52. The molecule has 0 spiro atoms. The Morgan fingerprint density at radius 1 is 1.53 bits per heavy atom. The molecule has 0 bridgehead atoms. The van der Waals surface area contributed by atoms with Crippen LogP contribution in [0.15, 0.2) is 22.8 Å². The zero-order chi connectivity index (χ0) is 11.9. The molecule has 0 saturated carbocycles. The molecule has 2 atom stereocenters. The van der Waals surface area contributed by atoms with E-state index in [2.05, 4.69) is 12.2 Å². The van der Waals surface area contributed by atoms with Crippen LogP contribution in [-0.4, -0.2) is 25.8 Å². The average Bonchev–Trinajstić information content (AvgIpc) is 2.99. The fraction of sp³-hybridized carbons (Fsp3) is 0.714. The van der Waals surface area contributed by atoms with Crippen molar-refractivity contribution in [2.45, 2.75) is 38.6 Å². The quantitative estimate of drug-likeness (QED) is 0.791. The van der Waals surface area contributed by atoms with E-state index in [1.165, 1.54) is 12.8 Å². The Labute approximate surface area is 104 Å². The fourth-order valence-corrected chi connectivity index (χ4v) is 2.26. The van der Waals surface area contributed by atoms with Gasteiger partial charge in [0, 0.05) is 25.7 Å². The maximum absolute atomic E-state index is 5.37. The number of nitrogens with one attached hydrogen (secondary N) is 1. The zero-order valence-corrected chi connectivity index (χ0v) is 10.7. The van der Waals surface area contributed by atoms with Crippen LogP contribution in [0.2, 0.25) is 0 Å². The molecule has 17 heavy (non-hydrogen) atoms. The summed E-state index contributed by atoms with van der Waals surface area (Å²) in [6.45, 7) is 5.27. The standard InChI is InChI=1S/C14H23NO2/c1-12(4-5-14-3-2-9-17-14)15-8-6-13-7-10-16-11-13/h2-3,9,12-13,15H,4-8,10-11H2,1H3. The van der Waals surface area contributed by atoms with Gasteiger partial charge >= 0.3 is 0 Å². The summed E-state index contributed by atoms with van der Waals surface area (Å²) in [4.78, 5) is 0. The van der Waals surface area contributed by atoms with Crippen LogP contribution in [0.5, 0.6) is 0 Å². The number of furan rings is 1. The summed E-state index contributed by atoms with van der Waals surface area (Å²) in [5.74, 6) is 1.86. The van der Waals surface area contributed by atoms with Crippen molar-refractivity contribution in [1.82, 2.24) is 5.32 Å². The van der Waals surface area contributed by atoms with Crippen LogP contribution in [0.3, 0.4) is 0 Å². The molecule has 96 valence electrons. The molecule has 1 aromatic heterocycles. The SMILES string of the molecule is CC(CCc1ccco1)NCCC1CCOC1. The van der Waals surface area contributed by atoms with Gasteiger partial charge in [-0.2, -0.15) is 0 Å². The Morgan fingerprint density at radius 3 is 3.18 bits per heavy atom. The minimum Gasteiger partial charge on any atom is -0.469 e. The van der Waals surface area contributed by atoms with E-state index in [9.17, 15) is 0 Å². The van der Waals surface area contributed by atoms with E-state index in [1.54, 1.807) is 6.26 Å². The predicted octanol–water partition coefficient (Wildman–Crippen LogP) is 2.62. The van der Waals surface area contributed by atoms with Gasteiger partial charge in [-0.25, -0.2) is 0 Å². The van der Waals surface area contributed by atoms with Crippen molar-refractivity contribution in [3.63, 3.8) is 0 Å². The normalized spacial score (nSPS) is 21.8. The summed E-state index contributed by atoms with van der Waals surface area (Å²) in [6, 6.07) is 4.55.